The van der Waals surface area contributed by atoms with Crippen molar-refractivity contribution in [1.82, 2.24) is 0 Å². The first-order valence-electron chi connectivity index (χ1n) is 5.80. The number of methoxy groups -OCH3 is 1. The molecular weight excluding hydrogens is 232 g/mol. The van der Waals surface area contributed by atoms with Gasteiger partial charge in [0, 0.05) is 12.7 Å². The van der Waals surface area contributed by atoms with Crippen molar-refractivity contribution in [3.05, 3.63) is 35.4 Å². The maximum Gasteiger partial charge on any atom is 0.379 e. The average molecular weight is 250 g/mol. The van der Waals surface area contributed by atoms with Gasteiger partial charge in [0.15, 0.2) is 0 Å². The molecule has 0 radical (unpaired) electrons. The van der Waals surface area contributed by atoms with Crippen LogP contribution in [0.3, 0.4) is 0 Å². The molecular formula is C14H18O4. The van der Waals surface area contributed by atoms with Crippen LogP contribution in [0.5, 0.6) is 0 Å². The molecule has 0 atom stereocenters. The fourth-order valence-corrected chi connectivity index (χ4v) is 1.62. The molecule has 1 aromatic rings. The van der Waals surface area contributed by atoms with Gasteiger partial charge in [0.1, 0.15) is 0 Å². The molecule has 0 amide bonds. The second kappa shape index (κ2) is 5.78. The Labute approximate surface area is 107 Å². The minimum Gasteiger partial charge on any atom is -0.460 e. The predicted octanol–water partition coefficient (Wildman–Crippen LogP) is 2.31. The highest BCUT2D eigenvalue weighted by Crippen LogP contribution is 2.27. The molecule has 0 aliphatic rings. The van der Waals surface area contributed by atoms with Crippen molar-refractivity contribution >= 4 is 11.8 Å². The number of carbonyl (C=O) groups excluding carboxylic acids is 2. The van der Waals surface area contributed by atoms with E-state index in [1.807, 2.05) is 13.8 Å². The molecule has 0 fully saturated rings. The van der Waals surface area contributed by atoms with Crippen LogP contribution in [0.25, 0.3) is 0 Å². The molecule has 0 saturated carbocycles. The lowest BCUT2D eigenvalue weighted by Gasteiger charge is -2.25. The van der Waals surface area contributed by atoms with E-state index >= 15 is 0 Å². The van der Waals surface area contributed by atoms with E-state index in [0.717, 1.165) is 0 Å². The van der Waals surface area contributed by atoms with Gasteiger partial charge in [-0.25, -0.2) is 4.79 Å². The van der Waals surface area contributed by atoms with E-state index in [9.17, 15) is 9.59 Å². The Balaban J connectivity index is 3.18. The third-order valence-electron chi connectivity index (χ3n) is 2.79. The van der Waals surface area contributed by atoms with Crippen LogP contribution >= 0.6 is 0 Å². The Bertz CT molecular complexity index is 449. The third-order valence-corrected chi connectivity index (χ3v) is 2.79. The van der Waals surface area contributed by atoms with Crippen molar-refractivity contribution in [2.45, 2.75) is 26.4 Å². The molecule has 0 bridgehead atoms. The molecule has 4 heteroatoms. The Morgan fingerprint density at radius 1 is 1.22 bits per heavy atom. The Hall–Kier alpha value is -1.68. The Morgan fingerprint density at radius 2 is 1.83 bits per heavy atom. The van der Waals surface area contributed by atoms with E-state index < -0.39 is 17.4 Å². The smallest absolute Gasteiger partial charge is 0.379 e. The van der Waals surface area contributed by atoms with E-state index in [1.54, 1.807) is 38.3 Å². The summed E-state index contributed by atoms with van der Waals surface area (Å²) in [6.07, 6.45) is 0. The van der Waals surface area contributed by atoms with Crippen LogP contribution < -0.4 is 0 Å². The lowest BCUT2D eigenvalue weighted by molar-refractivity contribution is -0.137. The molecule has 98 valence electrons. The van der Waals surface area contributed by atoms with Gasteiger partial charge in [-0.15, -0.1) is 0 Å². The van der Waals surface area contributed by atoms with Gasteiger partial charge < -0.3 is 9.47 Å². The maximum absolute atomic E-state index is 12.0. The topological polar surface area (TPSA) is 52.6 Å². The largest absolute Gasteiger partial charge is 0.460 e. The van der Waals surface area contributed by atoms with Gasteiger partial charge in [0.2, 0.25) is 0 Å². The molecule has 0 spiro atoms. The maximum atomic E-state index is 12.0. The van der Waals surface area contributed by atoms with Crippen LogP contribution in [0.15, 0.2) is 24.3 Å². The Morgan fingerprint density at radius 3 is 2.39 bits per heavy atom. The molecule has 0 saturated heterocycles. The molecule has 4 nitrogen and oxygen atoms in total. The van der Waals surface area contributed by atoms with Crippen LogP contribution in [-0.4, -0.2) is 25.5 Å². The van der Waals surface area contributed by atoms with E-state index in [4.69, 9.17) is 9.47 Å². The Kier molecular flexibility index (Phi) is 4.62. The number of ketones is 1. The summed E-state index contributed by atoms with van der Waals surface area (Å²) in [5.74, 6) is -1.48. The molecule has 1 rings (SSSR count). The van der Waals surface area contributed by atoms with Crippen LogP contribution in [0.4, 0.5) is 0 Å². The predicted molar refractivity (Wildman–Crippen MR) is 67.4 cm³/mol. The summed E-state index contributed by atoms with van der Waals surface area (Å²) in [5, 5.41) is 0. The number of esters is 1. The fraction of sp³-hybridized carbons (Fsp3) is 0.429. The number of ether oxygens (including phenoxy) is 2. The molecule has 0 aliphatic carbocycles. The summed E-state index contributed by atoms with van der Waals surface area (Å²) < 4.78 is 10.1. The zero-order valence-electron chi connectivity index (χ0n) is 11.1. The highest BCUT2D eigenvalue weighted by atomic mass is 16.5. The van der Waals surface area contributed by atoms with E-state index in [2.05, 4.69) is 0 Å². The van der Waals surface area contributed by atoms with Crippen LogP contribution in [-0.2, 0) is 19.9 Å². The fourth-order valence-electron chi connectivity index (χ4n) is 1.62. The standard InChI is InChI=1S/C14H18O4/c1-5-18-13(16)12(15)10-8-6-7-9-11(10)14(2,3)17-4/h6-9H,5H2,1-4H3. The highest BCUT2D eigenvalue weighted by Gasteiger charge is 2.28. The van der Waals surface area contributed by atoms with E-state index in [0.29, 0.717) is 11.1 Å². The summed E-state index contributed by atoms with van der Waals surface area (Å²) in [7, 11) is 1.56. The third kappa shape index (κ3) is 2.96. The minimum atomic E-state index is -0.836. The first kappa shape index (κ1) is 14.4. The summed E-state index contributed by atoms with van der Waals surface area (Å²) in [6.45, 7) is 5.52. The monoisotopic (exact) mass is 250 g/mol. The quantitative estimate of drug-likeness (QED) is 0.457. The van der Waals surface area contributed by atoms with Gasteiger partial charge in [0.05, 0.1) is 12.2 Å². The lowest BCUT2D eigenvalue weighted by Crippen LogP contribution is -2.26. The molecule has 1 aromatic carbocycles. The van der Waals surface area contributed by atoms with E-state index in [1.165, 1.54) is 0 Å². The number of hydrogen-bond donors (Lipinski definition) is 0. The lowest BCUT2D eigenvalue weighted by atomic mass is 9.91. The summed E-state index contributed by atoms with van der Waals surface area (Å²) in [4.78, 5) is 23.5. The van der Waals surface area contributed by atoms with E-state index in [-0.39, 0.29) is 6.61 Å². The number of Topliss-reactive ketones (excluding diaryl/α,β-unsaturated/α-hetero) is 1. The summed E-state index contributed by atoms with van der Waals surface area (Å²) in [6, 6.07) is 6.89. The number of benzene rings is 1. The summed E-state index contributed by atoms with van der Waals surface area (Å²) in [5.41, 5.74) is 0.354. The van der Waals surface area contributed by atoms with Gasteiger partial charge >= 0.3 is 5.97 Å². The average Bonchev–Trinajstić information content (AvgIpc) is 2.38. The SMILES string of the molecule is CCOC(=O)C(=O)c1ccccc1C(C)(C)OC. The molecule has 0 aromatic heterocycles. The molecule has 0 heterocycles. The number of carbonyl (C=O) groups is 2. The first-order chi connectivity index (χ1) is 8.44. The summed E-state index contributed by atoms with van der Waals surface area (Å²) >= 11 is 0. The number of rotatable bonds is 5. The van der Waals surface area contributed by atoms with Gasteiger partial charge in [0.25, 0.3) is 5.78 Å². The zero-order chi connectivity index (χ0) is 13.8. The molecule has 0 unspecified atom stereocenters. The highest BCUT2D eigenvalue weighted by molar-refractivity contribution is 6.41. The van der Waals surface area contributed by atoms with Gasteiger partial charge in [-0.2, -0.15) is 0 Å². The second-order valence-corrected chi connectivity index (χ2v) is 4.31. The van der Waals surface area contributed by atoms with Crippen molar-refractivity contribution in [3.8, 4) is 0 Å². The first-order valence-corrected chi connectivity index (χ1v) is 5.80. The van der Waals surface area contributed by atoms with Crippen molar-refractivity contribution in [2.24, 2.45) is 0 Å². The van der Waals surface area contributed by atoms with Crippen molar-refractivity contribution < 1.29 is 19.1 Å². The number of hydrogen-bond acceptors (Lipinski definition) is 4. The second-order valence-electron chi connectivity index (χ2n) is 4.31. The van der Waals surface area contributed by atoms with Crippen LogP contribution in [0.1, 0.15) is 36.7 Å². The molecule has 18 heavy (non-hydrogen) atoms. The van der Waals surface area contributed by atoms with Crippen LogP contribution in [0.2, 0.25) is 0 Å². The normalized spacial score (nSPS) is 11.1. The molecule has 0 N–H and O–H groups in total. The zero-order valence-corrected chi connectivity index (χ0v) is 11.1. The van der Waals surface area contributed by atoms with Gasteiger partial charge in [-0.05, 0) is 26.3 Å². The van der Waals surface area contributed by atoms with Gasteiger partial charge in [-0.3, -0.25) is 4.79 Å². The van der Waals surface area contributed by atoms with Crippen molar-refractivity contribution in [2.75, 3.05) is 13.7 Å². The van der Waals surface area contributed by atoms with Crippen molar-refractivity contribution in [1.29, 1.82) is 0 Å². The minimum absolute atomic E-state index is 0.181. The molecule has 0 aliphatic heterocycles. The van der Waals surface area contributed by atoms with Gasteiger partial charge in [-0.1, -0.05) is 24.3 Å². The van der Waals surface area contributed by atoms with Crippen LogP contribution in [0, 0.1) is 0 Å². The van der Waals surface area contributed by atoms with Crippen molar-refractivity contribution in [3.63, 3.8) is 0 Å².